The zero-order valence-electron chi connectivity index (χ0n) is 39.8. The van der Waals surface area contributed by atoms with E-state index in [0.29, 0.717) is 91.5 Å². The summed E-state index contributed by atoms with van der Waals surface area (Å²) in [6.07, 6.45) is 8.97. The minimum absolute atomic E-state index is 0.138. The number of benzene rings is 4. The summed E-state index contributed by atoms with van der Waals surface area (Å²) in [5.74, 6) is 2.20. The molecule has 19 heteroatoms. The van der Waals surface area contributed by atoms with Crippen molar-refractivity contribution in [2.75, 3.05) is 93.7 Å². The molecule has 17 nitrogen and oxygen atoms in total. The van der Waals surface area contributed by atoms with Gasteiger partial charge in [0.25, 0.3) is 0 Å². The van der Waals surface area contributed by atoms with Crippen LogP contribution in [0, 0.1) is 0 Å². The standard InChI is InChI=1S/C51H57BrN11O6P/c1-60-29-33(27-54-60)37-25-42(57-51-53-28-38(52)49(59-51)56-40-11-9-31-7-5-6-8-35(31)48(40)70(3,4)67)44(68-2)26-43(37)62-20-22-63(23-21-62)46(65)30-61-18-15-32(16-19-61)34-10-12-39(47-36(34)17-24-69-47)55-41-13-14-45(64)58-50(41)66/h5-12,25-29,32,41,55H,13-24,30H2,1-4H3,(H,58,64,66)(H2,53,56,57,59). The van der Waals surface area contributed by atoms with Gasteiger partial charge in [-0.1, -0.05) is 36.4 Å². The number of ether oxygens (including phenoxy) is 2. The first-order chi connectivity index (χ1) is 33.8. The molecule has 4 N–H and O–H groups in total. The van der Waals surface area contributed by atoms with Gasteiger partial charge in [-0.2, -0.15) is 10.1 Å². The second kappa shape index (κ2) is 19.7. The van der Waals surface area contributed by atoms with E-state index in [1.165, 1.54) is 11.1 Å². The number of hydrogen-bond donors (Lipinski definition) is 4. The van der Waals surface area contributed by atoms with Crippen LogP contribution < -0.4 is 40.9 Å². The Bertz CT molecular complexity index is 3050. The van der Waals surface area contributed by atoms with Crippen molar-refractivity contribution >= 4 is 91.4 Å². The molecule has 3 fully saturated rings. The van der Waals surface area contributed by atoms with E-state index in [9.17, 15) is 18.9 Å². The van der Waals surface area contributed by atoms with Crippen LogP contribution in [0.5, 0.6) is 11.5 Å². The van der Waals surface area contributed by atoms with Gasteiger partial charge >= 0.3 is 0 Å². The Labute approximate surface area is 415 Å². The van der Waals surface area contributed by atoms with Crippen LogP contribution in [0.25, 0.3) is 21.9 Å². The van der Waals surface area contributed by atoms with Crippen molar-refractivity contribution in [2.24, 2.45) is 7.05 Å². The molecule has 4 aromatic carbocycles. The van der Waals surface area contributed by atoms with E-state index in [4.69, 9.17) is 14.5 Å². The average Bonchev–Trinajstić information content (AvgIpc) is 4.03. The summed E-state index contributed by atoms with van der Waals surface area (Å²) < 4.78 is 28.2. The van der Waals surface area contributed by atoms with E-state index >= 15 is 0 Å². The molecule has 0 aliphatic carbocycles. The monoisotopic (exact) mass is 1030 g/mol. The van der Waals surface area contributed by atoms with Crippen molar-refractivity contribution < 1.29 is 28.4 Å². The number of imide groups is 1. The largest absolute Gasteiger partial charge is 0.494 e. The highest BCUT2D eigenvalue weighted by Gasteiger charge is 2.33. The Morgan fingerprint density at radius 2 is 1.71 bits per heavy atom. The van der Waals surface area contributed by atoms with Crippen LogP contribution in [0.3, 0.4) is 0 Å². The number of rotatable bonds is 13. The zero-order chi connectivity index (χ0) is 48.7. The summed E-state index contributed by atoms with van der Waals surface area (Å²) in [6, 6.07) is 19.7. The highest BCUT2D eigenvalue weighted by Crippen LogP contribution is 2.45. The Hall–Kier alpha value is -6.49. The van der Waals surface area contributed by atoms with E-state index in [1.54, 1.807) is 31.3 Å². The van der Waals surface area contributed by atoms with E-state index in [2.05, 4.69) is 63.1 Å². The molecular formula is C51H57BrN11O6P. The van der Waals surface area contributed by atoms with Crippen LogP contribution in [0.15, 0.2) is 83.7 Å². The first-order valence-corrected chi connectivity index (χ1v) is 27.2. The number of anilines is 6. The lowest BCUT2D eigenvalue weighted by Crippen LogP contribution is -2.52. The number of aromatic nitrogens is 4. The SMILES string of the molecule is COc1cc(N2CCN(C(=O)CN3CCC(c4ccc(NC5CCC(=O)NC5=O)c5c4CCO5)CC3)CC2)c(-c2cnn(C)c2)cc1Nc1ncc(Br)c(Nc2ccc3ccccc3c2P(C)(C)=O)n1. The molecule has 364 valence electrons. The van der Waals surface area contributed by atoms with Gasteiger partial charge < -0.3 is 39.8 Å². The molecule has 10 rings (SSSR count). The van der Waals surface area contributed by atoms with Crippen LogP contribution in [0.2, 0.25) is 0 Å². The summed E-state index contributed by atoms with van der Waals surface area (Å²) in [4.78, 5) is 54.0. The third kappa shape index (κ3) is 9.81. The van der Waals surface area contributed by atoms with Crippen molar-refractivity contribution in [1.82, 2.24) is 34.9 Å². The number of piperazine rings is 1. The molecule has 6 aromatic rings. The minimum atomic E-state index is -2.72. The van der Waals surface area contributed by atoms with Crippen LogP contribution in [0.1, 0.15) is 42.7 Å². The van der Waals surface area contributed by atoms with Crippen molar-refractivity contribution in [1.29, 1.82) is 0 Å². The van der Waals surface area contributed by atoms with Crippen LogP contribution in [-0.4, -0.2) is 126 Å². The number of likely N-dealkylation sites (tertiary alicyclic amines) is 1. The number of aryl methyl sites for hydroxylation is 1. The predicted molar refractivity (Wildman–Crippen MR) is 277 cm³/mol. The van der Waals surface area contributed by atoms with Gasteiger partial charge in [0.2, 0.25) is 23.7 Å². The fraction of sp³-hybridized carbons (Fsp3) is 0.373. The molecule has 0 spiro atoms. The van der Waals surface area contributed by atoms with E-state index in [0.717, 1.165) is 76.7 Å². The molecule has 3 saturated heterocycles. The lowest BCUT2D eigenvalue weighted by atomic mass is 9.85. The molecule has 0 radical (unpaired) electrons. The fourth-order valence-electron chi connectivity index (χ4n) is 10.3. The smallest absolute Gasteiger partial charge is 0.249 e. The molecule has 1 atom stereocenters. The highest BCUT2D eigenvalue weighted by atomic mass is 79.9. The third-order valence-corrected chi connectivity index (χ3v) is 16.0. The Morgan fingerprint density at radius 3 is 2.46 bits per heavy atom. The number of nitrogens with zero attached hydrogens (tertiary/aromatic N) is 7. The van der Waals surface area contributed by atoms with Crippen molar-refractivity contribution in [3.8, 4) is 22.6 Å². The Kier molecular flexibility index (Phi) is 13.3. The van der Waals surface area contributed by atoms with E-state index in [1.807, 2.05) is 78.9 Å². The summed E-state index contributed by atoms with van der Waals surface area (Å²) in [6.45, 7) is 8.64. The average molecular weight is 1030 g/mol. The van der Waals surface area contributed by atoms with Gasteiger partial charge in [0.15, 0.2) is 0 Å². The summed E-state index contributed by atoms with van der Waals surface area (Å²) in [7, 11) is 0.811. The molecular weight excluding hydrogens is 974 g/mol. The number of halogens is 1. The second-order valence-corrected chi connectivity index (χ2v) is 22.8. The molecule has 70 heavy (non-hydrogen) atoms. The predicted octanol–water partition coefficient (Wildman–Crippen LogP) is 7.22. The lowest BCUT2D eigenvalue weighted by Gasteiger charge is -2.39. The first-order valence-electron chi connectivity index (χ1n) is 23.8. The van der Waals surface area contributed by atoms with Gasteiger partial charge in [0, 0.05) is 92.2 Å². The van der Waals surface area contributed by atoms with E-state index < -0.39 is 13.2 Å². The summed E-state index contributed by atoms with van der Waals surface area (Å²) in [5, 5.41) is 19.8. The minimum Gasteiger partial charge on any atom is -0.494 e. The third-order valence-electron chi connectivity index (χ3n) is 13.8. The van der Waals surface area contributed by atoms with Crippen LogP contribution in [-0.2, 0) is 32.4 Å². The maximum Gasteiger partial charge on any atom is 0.249 e. The number of fused-ring (bicyclic) bond motifs is 2. The summed E-state index contributed by atoms with van der Waals surface area (Å²) in [5.41, 5.74) is 7.48. The van der Waals surface area contributed by atoms with Gasteiger partial charge in [0.05, 0.1) is 48.0 Å². The number of methoxy groups -OCH3 is 1. The fourth-order valence-corrected chi connectivity index (χ4v) is 12.1. The van der Waals surface area contributed by atoms with Gasteiger partial charge in [-0.25, -0.2) is 4.98 Å². The quantitative estimate of drug-likeness (QED) is 0.0671. The molecule has 6 heterocycles. The topological polar surface area (TPSA) is 188 Å². The lowest BCUT2D eigenvalue weighted by molar-refractivity contribution is -0.134. The summed E-state index contributed by atoms with van der Waals surface area (Å²) >= 11 is 3.63. The zero-order valence-corrected chi connectivity index (χ0v) is 42.2. The van der Waals surface area contributed by atoms with Gasteiger partial charge in [-0.3, -0.25) is 29.3 Å². The number of carbonyl (C=O) groups excluding carboxylic acids is 3. The number of nitrogens with one attached hydrogen (secondary N) is 4. The molecule has 4 aliphatic heterocycles. The normalized spacial score (nSPS) is 17.8. The second-order valence-electron chi connectivity index (χ2n) is 18.8. The molecule has 1 unspecified atom stereocenters. The van der Waals surface area contributed by atoms with Crippen molar-refractivity contribution in [2.45, 2.75) is 44.1 Å². The molecule has 3 amide bonds. The van der Waals surface area contributed by atoms with Gasteiger partial charge in [-0.05, 0) is 102 Å². The molecule has 4 aliphatic rings. The van der Waals surface area contributed by atoms with Gasteiger partial charge in [-0.15, -0.1) is 0 Å². The molecule has 0 bridgehead atoms. The van der Waals surface area contributed by atoms with E-state index in [-0.39, 0.29) is 17.7 Å². The Balaban J connectivity index is 0.795. The first kappa shape index (κ1) is 47.2. The number of carbonyl (C=O) groups is 3. The Morgan fingerprint density at radius 1 is 0.929 bits per heavy atom. The number of piperidine rings is 2. The van der Waals surface area contributed by atoms with Crippen molar-refractivity contribution in [3.63, 3.8) is 0 Å². The highest BCUT2D eigenvalue weighted by molar-refractivity contribution is 9.10. The van der Waals surface area contributed by atoms with Crippen molar-refractivity contribution in [3.05, 3.63) is 94.9 Å². The van der Waals surface area contributed by atoms with Gasteiger partial charge in [0.1, 0.15) is 30.5 Å². The van der Waals surface area contributed by atoms with Crippen LogP contribution >= 0.6 is 23.1 Å². The van der Waals surface area contributed by atoms with Crippen LogP contribution in [0.4, 0.5) is 34.5 Å². The maximum atomic E-state index is 13.9. The number of hydrogen-bond acceptors (Lipinski definition) is 14. The molecule has 2 aromatic heterocycles. The number of amides is 3. The maximum absolute atomic E-state index is 13.9. The molecule has 0 saturated carbocycles.